The minimum atomic E-state index is 0.945. The fraction of sp³-hybridized carbons (Fsp3) is 0. The molecule has 0 aliphatic heterocycles. The van der Waals surface area contributed by atoms with Crippen molar-refractivity contribution in [3.8, 4) is 22.3 Å². The Morgan fingerprint density at radius 1 is 0.380 bits per heavy atom. The van der Waals surface area contributed by atoms with E-state index in [0.29, 0.717) is 0 Å². The molecule has 1 aromatic heterocycles. The summed E-state index contributed by atoms with van der Waals surface area (Å²) in [5, 5.41) is 11.1. The lowest BCUT2D eigenvalue weighted by atomic mass is 9.94. The van der Waals surface area contributed by atoms with Gasteiger partial charge in [-0.05, 0) is 96.4 Å². The number of aromatic nitrogens is 1. The van der Waals surface area contributed by atoms with E-state index >= 15 is 0 Å². The summed E-state index contributed by atoms with van der Waals surface area (Å²) in [6, 6.07) is 65.7. The highest BCUT2D eigenvalue weighted by molar-refractivity contribution is 7.23. The molecule has 2 nitrogen and oxygen atoms in total. The Morgan fingerprint density at radius 2 is 0.880 bits per heavy atom. The molecule has 1 heterocycles. The third-order valence-electron chi connectivity index (χ3n) is 9.88. The van der Waals surface area contributed by atoms with Crippen LogP contribution in [0.5, 0.6) is 0 Å². The maximum atomic E-state index is 5.21. The van der Waals surface area contributed by atoms with Crippen LogP contribution in [0.2, 0.25) is 0 Å². The molecule has 0 amide bonds. The summed E-state index contributed by atoms with van der Waals surface area (Å²) in [6.45, 7) is 0. The van der Waals surface area contributed by atoms with Crippen molar-refractivity contribution in [2.45, 2.75) is 0 Å². The van der Waals surface area contributed by atoms with Crippen molar-refractivity contribution in [1.82, 2.24) is 4.98 Å². The SMILES string of the molecule is c1ccc(-c2ccc(N(c3ccc(-c4ccc5ccc6ccc7ccccc7c6c5c4)cc3)c3nc4ccc5ccccc5c4s3)cc2)cc1. The first-order valence-electron chi connectivity index (χ1n) is 17.0. The van der Waals surface area contributed by atoms with Gasteiger partial charge in [-0.15, -0.1) is 0 Å². The average Bonchev–Trinajstić information content (AvgIpc) is 3.63. The summed E-state index contributed by atoms with van der Waals surface area (Å²) in [4.78, 5) is 7.50. The zero-order valence-corrected chi connectivity index (χ0v) is 27.9. The van der Waals surface area contributed by atoms with E-state index < -0.39 is 0 Å². The molecule has 50 heavy (non-hydrogen) atoms. The lowest BCUT2D eigenvalue weighted by Gasteiger charge is -2.23. The van der Waals surface area contributed by atoms with Gasteiger partial charge in [0.25, 0.3) is 0 Å². The predicted molar refractivity (Wildman–Crippen MR) is 215 cm³/mol. The molecule has 0 atom stereocenters. The van der Waals surface area contributed by atoms with Crippen molar-refractivity contribution in [3.05, 3.63) is 182 Å². The maximum Gasteiger partial charge on any atom is 0.195 e. The van der Waals surface area contributed by atoms with E-state index in [4.69, 9.17) is 4.98 Å². The first kappa shape index (κ1) is 28.7. The Hall–Kier alpha value is -6.29. The number of thiazole rings is 1. The van der Waals surface area contributed by atoms with E-state index in [1.54, 1.807) is 11.3 Å². The molecule has 10 rings (SSSR count). The van der Waals surface area contributed by atoms with E-state index in [1.807, 2.05) is 0 Å². The number of anilines is 3. The van der Waals surface area contributed by atoms with Crippen molar-refractivity contribution in [1.29, 1.82) is 0 Å². The third-order valence-corrected chi connectivity index (χ3v) is 11.0. The summed E-state index contributed by atoms with van der Waals surface area (Å²) in [5.41, 5.74) is 7.94. The lowest BCUT2D eigenvalue weighted by Crippen LogP contribution is -2.09. The Kier molecular flexibility index (Phi) is 6.71. The van der Waals surface area contributed by atoms with Crippen LogP contribution in [0.1, 0.15) is 0 Å². The van der Waals surface area contributed by atoms with Gasteiger partial charge >= 0.3 is 0 Å². The van der Waals surface area contributed by atoms with Gasteiger partial charge in [0.2, 0.25) is 0 Å². The largest absolute Gasteiger partial charge is 0.286 e. The normalized spacial score (nSPS) is 11.6. The van der Waals surface area contributed by atoms with E-state index in [9.17, 15) is 0 Å². The molecule has 0 aliphatic rings. The topological polar surface area (TPSA) is 16.1 Å². The zero-order chi connectivity index (χ0) is 33.0. The molecule has 0 spiro atoms. The molecule has 0 saturated carbocycles. The molecule has 9 aromatic carbocycles. The van der Waals surface area contributed by atoms with Gasteiger partial charge in [-0.3, -0.25) is 4.90 Å². The minimum absolute atomic E-state index is 0.945. The molecule has 0 fully saturated rings. The quantitative estimate of drug-likeness (QED) is 0.172. The molecular weight excluding hydrogens is 625 g/mol. The van der Waals surface area contributed by atoms with Crippen LogP contribution in [-0.2, 0) is 0 Å². The van der Waals surface area contributed by atoms with Gasteiger partial charge in [-0.2, -0.15) is 0 Å². The van der Waals surface area contributed by atoms with E-state index in [0.717, 1.165) is 22.0 Å². The number of benzene rings is 9. The van der Waals surface area contributed by atoms with Crippen molar-refractivity contribution >= 4 is 81.1 Å². The van der Waals surface area contributed by atoms with Gasteiger partial charge in [0.15, 0.2) is 5.13 Å². The molecule has 0 bridgehead atoms. The summed E-state index contributed by atoms with van der Waals surface area (Å²) >= 11 is 1.74. The second kappa shape index (κ2) is 11.7. The van der Waals surface area contributed by atoms with Gasteiger partial charge in [-0.25, -0.2) is 4.98 Å². The van der Waals surface area contributed by atoms with Crippen LogP contribution in [0.25, 0.3) is 75.6 Å². The fourth-order valence-corrected chi connectivity index (χ4v) is 8.49. The first-order valence-corrected chi connectivity index (χ1v) is 17.8. The smallest absolute Gasteiger partial charge is 0.195 e. The Balaban J connectivity index is 1.09. The van der Waals surface area contributed by atoms with E-state index in [1.165, 1.54) is 70.0 Å². The first-order chi connectivity index (χ1) is 24.8. The molecule has 0 N–H and O–H groups in total. The van der Waals surface area contributed by atoms with Crippen LogP contribution in [0.3, 0.4) is 0 Å². The lowest BCUT2D eigenvalue weighted by molar-refractivity contribution is 1.25. The maximum absolute atomic E-state index is 5.21. The number of hydrogen-bond donors (Lipinski definition) is 0. The number of rotatable bonds is 5. The fourth-order valence-electron chi connectivity index (χ4n) is 7.35. The molecule has 0 aliphatic carbocycles. The van der Waals surface area contributed by atoms with Gasteiger partial charge < -0.3 is 0 Å². The Bertz CT molecular complexity index is 2850. The molecule has 234 valence electrons. The number of hydrogen-bond acceptors (Lipinski definition) is 3. The molecule has 3 heteroatoms. The van der Waals surface area contributed by atoms with Crippen LogP contribution < -0.4 is 4.90 Å². The van der Waals surface area contributed by atoms with Gasteiger partial charge in [-0.1, -0.05) is 157 Å². The Morgan fingerprint density at radius 3 is 1.60 bits per heavy atom. The number of fused-ring (bicyclic) bond motifs is 8. The van der Waals surface area contributed by atoms with Crippen molar-refractivity contribution in [2.24, 2.45) is 0 Å². The second-order valence-corrected chi connectivity index (χ2v) is 13.8. The summed E-state index contributed by atoms with van der Waals surface area (Å²) in [5.74, 6) is 0. The van der Waals surface area contributed by atoms with E-state index in [2.05, 4.69) is 187 Å². The number of nitrogens with zero attached hydrogens (tertiary/aromatic N) is 2. The van der Waals surface area contributed by atoms with Gasteiger partial charge in [0, 0.05) is 16.8 Å². The average molecular weight is 655 g/mol. The molecular formula is C47H30N2S. The van der Waals surface area contributed by atoms with Gasteiger partial charge in [0.1, 0.15) is 0 Å². The Labute approximate surface area is 294 Å². The van der Waals surface area contributed by atoms with Crippen LogP contribution >= 0.6 is 11.3 Å². The third kappa shape index (κ3) is 4.82. The molecule has 0 unspecified atom stereocenters. The highest BCUT2D eigenvalue weighted by Gasteiger charge is 2.19. The highest BCUT2D eigenvalue weighted by Crippen LogP contribution is 2.43. The molecule has 10 aromatic rings. The highest BCUT2D eigenvalue weighted by atomic mass is 32.1. The summed E-state index contributed by atoms with van der Waals surface area (Å²) in [7, 11) is 0. The van der Waals surface area contributed by atoms with Crippen molar-refractivity contribution < 1.29 is 0 Å². The van der Waals surface area contributed by atoms with Crippen LogP contribution in [0.4, 0.5) is 16.5 Å². The minimum Gasteiger partial charge on any atom is -0.286 e. The predicted octanol–water partition coefficient (Wildman–Crippen LogP) is 13.7. The van der Waals surface area contributed by atoms with E-state index in [-0.39, 0.29) is 0 Å². The van der Waals surface area contributed by atoms with Crippen LogP contribution in [0, 0.1) is 0 Å². The monoisotopic (exact) mass is 654 g/mol. The summed E-state index contributed by atoms with van der Waals surface area (Å²) in [6.07, 6.45) is 0. The van der Waals surface area contributed by atoms with Crippen molar-refractivity contribution in [3.63, 3.8) is 0 Å². The molecule has 0 saturated heterocycles. The second-order valence-electron chi connectivity index (χ2n) is 12.8. The standard InChI is InChI=1S/C47H30N2S/c1-2-8-31(9-3-1)32-20-25-39(26-21-32)49(47-48-44-29-24-35-11-5-7-13-42(35)46(44)50-47)40-27-22-33(23-28-40)38-19-16-36-15-18-37-17-14-34-10-4-6-12-41(34)45(37)43(36)30-38/h1-30H. The van der Waals surface area contributed by atoms with Crippen LogP contribution in [-0.4, -0.2) is 4.98 Å². The molecule has 0 radical (unpaired) electrons. The van der Waals surface area contributed by atoms with Gasteiger partial charge in [0.05, 0.1) is 10.2 Å². The summed E-state index contributed by atoms with van der Waals surface area (Å²) < 4.78 is 1.21. The zero-order valence-electron chi connectivity index (χ0n) is 27.1. The van der Waals surface area contributed by atoms with Crippen molar-refractivity contribution in [2.75, 3.05) is 4.90 Å². The van der Waals surface area contributed by atoms with Crippen LogP contribution in [0.15, 0.2) is 182 Å².